The molecule has 1 aromatic heterocycles. The van der Waals surface area contributed by atoms with Gasteiger partial charge < -0.3 is 5.11 Å². The van der Waals surface area contributed by atoms with Crippen molar-refractivity contribution in [2.45, 2.75) is 32.4 Å². The highest BCUT2D eigenvalue weighted by Crippen LogP contribution is 2.11. The number of benzene rings is 1. The molecule has 3 nitrogen and oxygen atoms in total. The summed E-state index contributed by atoms with van der Waals surface area (Å²) in [7, 11) is 0. The molecule has 112 valence electrons. The lowest BCUT2D eigenvalue weighted by atomic mass is 10.1. The minimum absolute atomic E-state index is 0.232. The number of aromatic nitrogens is 1. The van der Waals surface area contributed by atoms with Gasteiger partial charge in [0.2, 0.25) is 0 Å². The Hall–Kier alpha value is -1.71. The lowest BCUT2D eigenvalue weighted by molar-refractivity contribution is 0.161. The predicted molar refractivity (Wildman–Crippen MR) is 86.0 cm³/mol. The van der Waals surface area contributed by atoms with Crippen molar-refractivity contribution >= 4 is 0 Å². The van der Waals surface area contributed by atoms with Crippen LogP contribution in [0.5, 0.6) is 0 Å². The first kappa shape index (κ1) is 15.7. The highest BCUT2D eigenvalue weighted by molar-refractivity contribution is 5.14. The monoisotopic (exact) mass is 284 g/mol. The number of nitrogens with zero attached hydrogens (tertiary/aromatic N) is 2. The van der Waals surface area contributed by atoms with Crippen LogP contribution in [0.25, 0.3) is 0 Å². The third-order valence-electron chi connectivity index (χ3n) is 3.78. The summed E-state index contributed by atoms with van der Waals surface area (Å²) < 4.78 is 0. The number of hydrogen-bond donors (Lipinski definition) is 1. The first-order valence-corrected chi connectivity index (χ1v) is 7.58. The van der Waals surface area contributed by atoms with Gasteiger partial charge in [-0.05, 0) is 31.0 Å². The van der Waals surface area contributed by atoms with E-state index < -0.39 is 0 Å². The molecular formula is C18H24N2O. The second-order valence-electron chi connectivity index (χ2n) is 5.39. The lowest BCUT2D eigenvalue weighted by Gasteiger charge is -2.28. The van der Waals surface area contributed by atoms with E-state index in [1.165, 1.54) is 5.56 Å². The minimum Gasteiger partial charge on any atom is -0.396 e. The molecule has 1 unspecified atom stereocenters. The standard InChI is InChI=1S/C18H24N2O/c1-16(11-14-21)20(15-17-7-3-2-4-8-17)13-10-18-9-5-6-12-19-18/h2-9,12,16,21H,10-11,13-15H2,1H3. The first-order valence-electron chi connectivity index (χ1n) is 7.58. The van der Waals surface area contributed by atoms with Gasteiger partial charge in [0.25, 0.3) is 0 Å². The fourth-order valence-electron chi connectivity index (χ4n) is 2.45. The largest absolute Gasteiger partial charge is 0.396 e. The molecule has 1 aromatic carbocycles. The van der Waals surface area contributed by atoms with Crippen molar-refractivity contribution in [3.63, 3.8) is 0 Å². The van der Waals surface area contributed by atoms with Crippen molar-refractivity contribution in [1.82, 2.24) is 9.88 Å². The summed E-state index contributed by atoms with van der Waals surface area (Å²) >= 11 is 0. The molecule has 0 aliphatic heterocycles. The molecule has 21 heavy (non-hydrogen) atoms. The normalized spacial score (nSPS) is 12.5. The Morgan fingerprint density at radius 3 is 2.52 bits per heavy atom. The third kappa shape index (κ3) is 5.29. The topological polar surface area (TPSA) is 36.4 Å². The highest BCUT2D eigenvalue weighted by Gasteiger charge is 2.14. The maximum absolute atomic E-state index is 9.20. The van der Waals surface area contributed by atoms with Crippen LogP contribution in [-0.2, 0) is 13.0 Å². The summed E-state index contributed by atoms with van der Waals surface area (Å²) in [6.07, 6.45) is 3.58. The molecule has 0 aliphatic carbocycles. The van der Waals surface area contributed by atoms with Gasteiger partial charge in [0.05, 0.1) is 0 Å². The van der Waals surface area contributed by atoms with Crippen molar-refractivity contribution in [3.05, 3.63) is 66.0 Å². The van der Waals surface area contributed by atoms with Crippen molar-refractivity contribution in [3.8, 4) is 0 Å². The SMILES string of the molecule is CC(CCO)N(CCc1ccccn1)Cc1ccccc1. The van der Waals surface area contributed by atoms with E-state index in [0.29, 0.717) is 6.04 Å². The van der Waals surface area contributed by atoms with Gasteiger partial charge in [-0.25, -0.2) is 0 Å². The van der Waals surface area contributed by atoms with Crippen LogP contribution in [0.3, 0.4) is 0 Å². The molecule has 0 amide bonds. The molecule has 1 N–H and O–H groups in total. The second kappa shape index (κ2) is 8.55. The van der Waals surface area contributed by atoms with E-state index in [4.69, 9.17) is 0 Å². The molecule has 0 fully saturated rings. The van der Waals surface area contributed by atoms with Crippen LogP contribution < -0.4 is 0 Å². The van der Waals surface area contributed by atoms with Crippen LogP contribution in [0.1, 0.15) is 24.6 Å². The Balaban J connectivity index is 1.98. The Labute approximate surface area is 127 Å². The van der Waals surface area contributed by atoms with E-state index >= 15 is 0 Å². The van der Waals surface area contributed by atoms with Gasteiger partial charge in [-0.3, -0.25) is 9.88 Å². The van der Waals surface area contributed by atoms with Gasteiger partial charge in [0, 0.05) is 44.0 Å². The number of rotatable bonds is 8. The molecule has 3 heteroatoms. The summed E-state index contributed by atoms with van der Waals surface area (Å²) in [6.45, 7) is 4.27. The fraction of sp³-hybridized carbons (Fsp3) is 0.389. The number of hydrogen-bond acceptors (Lipinski definition) is 3. The molecule has 0 aliphatic rings. The molecule has 2 rings (SSSR count). The van der Waals surface area contributed by atoms with E-state index in [1.54, 1.807) is 0 Å². The number of aliphatic hydroxyl groups excluding tert-OH is 1. The van der Waals surface area contributed by atoms with Crippen LogP contribution in [0.2, 0.25) is 0 Å². The molecule has 0 spiro atoms. The van der Waals surface area contributed by atoms with E-state index in [2.05, 4.69) is 47.1 Å². The Bertz CT molecular complexity index is 501. The zero-order chi connectivity index (χ0) is 14.9. The summed E-state index contributed by atoms with van der Waals surface area (Å²) in [5, 5.41) is 9.20. The van der Waals surface area contributed by atoms with Gasteiger partial charge in [-0.1, -0.05) is 36.4 Å². The van der Waals surface area contributed by atoms with Crippen LogP contribution in [0.15, 0.2) is 54.7 Å². The van der Waals surface area contributed by atoms with Gasteiger partial charge in [-0.15, -0.1) is 0 Å². The summed E-state index contributed by atoms with van der Waals surface area (Å²) in [4.78, 5) is 6.80. The Kier molecular flexibility index (Phi) is 6.38. The third-order valence-corrected chi connectivity index (χ3v) is 3.78. The molecular weight excluding hydrogens is 260 g/mol. The van der Waals surface area contributed by atoms with Crippen molar-refractivity contribution < 1.29 is 5.11 Å². The van der Waals surface area contributed by atoms with Gasteiger partial charge >= 0.3 is 0 Å². The zero-order valence-corrected chi connectivity index (χ0v) is 12.7. The summed E-state index contributed by atoms with van der Waals surface area (Å²) in [6, 6.07) is 16.9. The Morgan fingerprint density at radius 1 is 1.10 bits per heavy atom. The fourth-order valence-corrected chi connectivity index (χ4v) is 2.45. The van der Waals surface area contributed by atoms with E-state index in [9.17, 15) is 5.11 Å². The van der Waals surface area contributed by atoms with Crippen LogP contribution in [0.4, 0.5) is 0 Å². The molecule has 0 radical (unpaired) electrons. The van der Waals surface area contributed by atoms with Gasteiger partial charge in [0.1, 0.15) is 0 Å². The van der Waals surface area contributed by atoms with Crippen molar-refractivity contribution in [2.24, 2.45) is 0 Å². The average molecular weight is 284 g/mol. The maximum Gasteiger partial charge on any atom is 0.0445 e. The van der Waals surface area contributed by atoms with Crippen LogP contribution in [0, 0.1) is 0 Å². The number of aliphatic hydroxyl groups is 1. The molecule has 2 aromatic rings. The molecule has 0 bridgehead atoms. The average Bonchev–Trinajstić information content (AvgIpc) is 2.53. The summed E-state index contributed by atoms with van der Waals surface area (Å²) in [5.74, 6) is 0. The van der Waals surface area contributed by atoms with E-state index in [1.807, 2.05) is 24.4 Å². The number of pyridine rings is 1. The van der Waals surface area contributed by atoms with E-state index in [-0.39, 0.29) is 6.61 Å². The van der Waals surface area contributed by atoms with Crippen molar-refractivity contribution in [2.75, 3.05) is 13.2 Å². The van der Waals surface area contributed by atoms with Crippen LogP contribution in [-0.4, -0.2) is 34.2 Å². The Morgan fingerprint density at radius 2 is 1.86 bits per heavy atom. The maximum atomic E-state index is 9.20. The molecule has 0 saturated carbocycles. The molecule has 1 heterocycles. The molecule has 1 atom stereocenters. The van der Waals surface area contributed by atoms with Gasteiger partial charge in [0.15, 0.2) is 0 Å². The predicted octanol–water partition coefficient (Wildman–Crippen LogP) is 2.90. The highest BCUT2D eigenvalue weighted by atomic mass is 16.3. The van der Waals surface area contributed by atoms with Gasteiger partial charge in [-0.2, -0.15) is 0 Å². The van der Waals surface area contributed by atoms with Crippen LogP contribution >= 0.6 is 0 Å². The second-order valence-corrected chi connectivity index (χ2v) is 5.39. The van der Waals surface area contributed by atoms with E-state index in [0.717, 1.165) is 31.6 Å². The minimum atomic E-state index is 0.232. The lowest BCUT2D eigenvalue weighted by Crippen LogP contribution is -2.35. The zero-order valence-electron chi connectivity index (χ0n) is 12.7. The quantitative estimate of drug-likeness (QED) is 0.809. The molecule has 0 saturated heterocycles. The van der Waals surface area contributed by atoms with Crippen molar-refractivity contribution in [1.29, 1.82) is 0 Å². The summed E-state index contributed by atoms with van der Waals surface area (Å²) in [5.41, 5.74) is 2.43. The smallest absolute Gasteiger partial charge is 0.0445 e. The first-order chi connectivity index (χ1) is 10.3.